The number of carbonyl (C=O) groups is 1. The minimum atomic E-state index is -0.714. The molecule has 1 aliphatic heterocycles. The van der Waals surface area contributed by atoms with Gasteiger partial charge in [0.1, 0.15) is 12.2 Å². The number of nitrogens with zero attached hydrogens (tertiary/aromatic N) is 2. The summed E-state index contributed by atoms with van der Waals surface area (Å²) in [5, 5.41) is 13.4. The van der Waals surface area contributed by atoms with E-state index in [2.05, 4.69) is 10.3 Å². The van der Waals surface area contributed by atoms with Gasteiger partial charge in [0.15, 0.2) is 11.3 Å². The number of oxazole rings is 1. The first-order valence-corrected chi connectivity index (χ1v) is 11.9. The van der Waals surface area contributed by atoms with Crippen LogP contribution in [0, 0.1) is 0 Å². The second kappa shape index (κ2) is 9.29. The number of fused-ring (bicyclic) bond motifs is 1. The fourth-order valence-corrected chi connectivity index (χ4v) is 5.11. The molecule has 2 unspecified atom stereocenters. The number of methoxy groups -OCH3 is 1. The summed E-state index contributed by atoms with van der Waals surface area (Å²) in [6, 6.07) is 9.54. The molecule has 0 bridgehead atoms. The molecule has 1 spiro atoms. The van der Waals surface area contributed by atoms with E-state index in [0.29, 0.717) is 59.0 Å². The number of benzene rings is 2. The van der Waals surface area contributed by atoms with E-state index in [1.807, 2.05) is 6.92 Å². The maximum atomic E-state index is 13.8. The van der Waals surface area contributed by atoms with Crippen molar-refractivity contribution < 1.29 is 28.2 Å². The highest BCUT2D eigenvalue weighted by atomic mass is 35.5. The van der Waals surface area contributed by atoms with Gasteiger partial charge >= 0.3 is 0 Å². The fraction of sp³-hybridized carbons (Fsp3) is 0.440. The lowest BCUT2D eigenvalue weighted by Crippen LogP contribution is -2.68. The van der Waals surface area contributed by atoms with E-state index in [1.54, 1.807) is 41.3 Å². The van der Waals surface area contributed by atoms with Crippen LogP contribution < -0.4 is 10.1 Å². The predicted molar refractivity (Wildman–Crippen MR) is 129 cm³/mol. The van der Waals surface area contributed by atoms with Crippen molar-refractivity contribution >= 4 is 34.6 Å². The number of nitrogens with one attached hydrogen (secondary N) is 1. The molecule has 1 saturated carbocycles. The van der Waals surface area contributed by atoms with E-state index in [-0.39, 0.29) is 18.0 Å². The van der Waals surface area contributed by atoms with Crippen LogP contribution in [0.5, 0.6) is 5.75 Å². The molecule has 5 rings (SSSR count). The van der Waals surface area contributed by atoms with Gasteiger partial charge in [-0.1, -0.05) is 23.7 Å². The maximum absolute atomic E-state index is 13.8. The zero-order chi connectivity index (χ0) is 24.7. The molecule has 1 aliphatic carbocycles. The minimum absolute atomic E-state index is 0.101. The van der Waals surface area contributed by atoms with Crippen LogP contribution in [0.2, 0.25) is 5.02 Å². The molecule has 0 radical (unpaired) electrons. The number of carbonyl (C=O) groups excluding carboxylic acids is 1. The summed E-state index contributed by atoms with van der Waals surface area (Å²) in [5.41, 5.74) is 1.29. The average molecular weight is 504 g/mol. The molecule has 2 fully saturated rings. The molecule has 8 nitrogen and oxygen atoms in total. The molecular formula is C25H27ClFN3O5. The number of morpholine rings is 1. The summed E-state index contributed by atoms with van der Waals surface area (Å²) < 4.78 is 31.0. The summed E-state index contributed by atoms with van der Waals surface area (Å²) in [6.45, 7) is 2.03. The Balaban J connectivity index is 1.45. The Labute approximate surface area is 207 Å². The van der Waals surface area contributed by atoms with Crippen molar-refractivity contribution in [3.05, 3.63) is 52.5 Å². The van der Waals surface area contributed by atoms with Crippen LogP contribution in [0.1, 0.15) is 41.7 Å². The molecule has 10 heteroatoms. The molecule has 2 heterocycles. The number of aromatic nitrogens is 1. The first-order chi connectivity index (χ1) is 16.8. The van der Waals surface area contributed by atoms with Gasteiger partial charge in [0.2, 0.25) is 0 Å². The molecule has 1 aromatic heterocycles. The first-order valence-electron chi connectivity index (χ1n) is 11.5. The molecule has 2 aromatic carbocycles. The van der Waals surface area contributed by atoms with E-state index in [1.165, 1.54) is 7.11 Å². The predicted octanol–water partition coefficient (Wildman–Crippen LogP) is 4.37. The molecule has 1 saturated heterocycles. The lowest BCUT2D eigenvalue weighted by atomic mass is 9.72. The number of hydrogen-bond acceptors (Lipinski definition) is 7. The smallest absolute Gasteiger partial charge is 0.296 e. The molecule has 2 atom stereocenters. The van der Waals surface area contributed by atoms with Crippen LogP contribution in [0.4, 0.5) is 10.4 Å². The summed E-state index contributed by atoms with van der Waals surface area (Å²) in [4.78, 5) is 19.9. The van der Waals surface area contributed by atoms with Crippen molar-refractivity contribution in [3.8, 4) is 5.75 Å². The molecule has 1 amide bonds. The Bertz CT molecular complexity index is 1250. The standard InChI is InChI=1S/C25H27ClFN3O5/c1-14-12-30(25(13-34-14)9-18(31)10-25)23(32)16-7-19-22(21(8-16)33-2)35-24(28-19)29-20(11-27)15-4-3-5-17(26)6-15/h3-8,14,18,20,31H,9-13H2,1-2H3,(H,28,29). The van der Waals surface area contributed by atoms with Gasteiger partial charge in [-0.05, 0) is 49.6 Å². The Morgan fingerprint density at radius 3 is 2.89 bits per heavy atom. The first kappa shape index (κ1) is 23.8. The zero-order valence-corrected chi connectivity index (χ0v) is 20.2. The van der Waals surface area contributed by atoms with Crippen molar-refractivity contribution in [2.45, 2.75) is 43.6 Å². The Hall–Kier alpha value is -2.88. The topological polar surface area (TPSA) is 97.1 Å². The summed E-state index contributed by atoms with van der Waals surface area (Å²) in [7, 11) is 1.48. The zero-order valence-electron chi connectivity index (χ0n) is 19.5. The SMILES string of the molecule is COc1cc(C(=O)N2CC(C)OCC23CC(O)C3)cc2nc(NC(CF)c3cccc(Cl)c3)oc12. The van der Waals surface area contributed by atoms with Crippen molar-refractivity contribution in [2.75, 3.05) is 32.3 Å². The summed E-state index contributed by atoms with van der Waals surface area (Å²) >= 11 is 6.05. The second-order valence-electron chi connectivity index (χ2n) is 9.28. The number of aliphatic hydroxyl groups is 1. The number of ether oxygens (including phenoxy) is 2. The third kappa shape index (κ3) is 4.44. The van der Waals surface area contributed by atoms with Crippen LogP contribution >= 0.6 is 11.6 Å². The van der Waals surface area contributed by atoms with Crippen LogP contribution in [0.3, 0.4) is 0 Å². The van der Waals surface area contributed by atoms with Gasteiger partial charge in [-0.15, -0.1) is 0 Å². The van der Waals surface area contributed by atoms with E-state index >= 15 is 0 Å². The lowest BCUT2D eigenvalue weighted by Gasteiger charge is -2.55. The summed E-state index contributed by atoms with van der Waals surface area (Å²) in [5.74, 6) is 0.153. The highest BCUT2D eigenvalue weighted by molar-refractivity contribution is 6.30. The van der Waals surface area contributed by atoms with Crippen molar-refractivity contribution in [3.63, 3.8) is 0 Å². The normalized spacial score (nSPS) is 24.9. The Morgan fingerprint density at radius 1 is 1.40 bits per heavy atom. The van der Waals surface area contributed by atoms with Crippen LogP contribution in [0.15, 0.2) is 40.8 Å². The van der Waals surface area contributed by atoms with Gasteiger partial charge in [-0.2, -0.15) is 4.98 Å². The average Bonchev–Trinajstić information content (AvgIpc) is 3.24. The molecule has 186 valence electrons. The monoisotopic (exact) mass is 503 g/mol. The van der Waals surface area contributed by atoms with E-state index in [4.69, 9.17) is 25.5 Å². The van der Waals surface area contributed by atoms with E-state index < -0.39 is 24.4 Å². The Morgan fingerprint density at radius 2 is 2.20 bits per heavy atom. The third-order valence-electron chi connectivity index (χ3n) is 6.75. The number of anilines is 1. The van der Waals surface area contributed by atoms with E-state index in [9.17, 15) is 14.3 Å². The summed E-state index contributed by atoms with van der Waals surface area (Å²) in [6.07, 6.45) is 0.417. The highest BCUT2D eigenvalue weighted by Crippen LogP contribution is 2.42. The molecule has 35 heavy (non-hydrogen) atoms. The van der Waals surface area contributed by atoms with Gasteiger partial charge in [-0.3, -0.25) is 4.79 Å². The van der Waals surface area contributed by atoms with Crippen LogP contribution in [-0.2, 0) is 4.74 Å². The Kier molecular flexibility index (Phi) is 6.33. The van der Waals surface area contributed by atoms with Gasteiger partial charge in [-0.25, -0.2) is 4.39 Å². The van der Waals surface area contributed by atoms with Gasteiger partial charge in [0, 0.05) is 17.1 Å². The van der Waals surface area contributed by atoms with Gasteiger partial charge in [0.25, 0.3) is 11.9 Å². The van der Waals surface area contributed by atoms with Crippen LogP contribution in [-0.4, -0.2) is 65.6 Å². The minimum Gasteiger partial charge on any atom is -0.493 e. The fourth-order valence-electron chi connectivity index (χ4n) is 4.91. The molecule has 2 aliphatic rings. The number of aliphatic hydroxyl groups excluding tert-OH is 1. The van der Waals surface area contributed by atoms with Gasteiger partial charge < -0.3 is 29.2 Å². The largest absolute Gasteiger partial charge is 0.493 e. The van der Waals surface area contributed by atoms with Gasteiger partial charge in [0.05, 0.1) is 37.5 Å². The van der Waals surface area contributed by atoms with Crippen molar-refractivity contribution in [1.82, 2.24) is 9.88 Å². The van der Waals surface area contributed by atoms with E-state index in [0.717, 1.165) is 0 Å². The number of halogens is 2. The molecular weight excluding hydrogens is 477 g/mol. The van der Waals surface area contributed by atoms with Crippen LogP contribution in [0.25, 0.3) is 11.1 Å². The number of hydrogen-bond donors (Lipinski definition) is 2. The second-order valence-corrected chi connectivity index (χ2v) is 9.71. The lowest BCUT2D eigenvalue weighted by molar-refractivity contribution is -0.154. The molecule has 2 N–H and O–H groups in total. The number of rotatable bonds is 6. The number of alkyl halides is 1. The number of amides is 1. The quantitative estimate of drug-likeness (QED) is 0.515. The maximum Gasteiger partial charge on any atom is 0.296 e. The van der Waals surface area contributed by atoms with Crippen molar-refractivity contribution in [1.29, 1.82) is 0 Å². The highest BCUT2D eigenvalue weighted by Gasteiger charge is 2.53. The third-order valence-corrected chi connectivity index (χ3v) is 6.99. The van der Waals surface area contributed by atoms with Crippen molar-refractivity contribution in [2.24, 2.45) is 0 Å². The molecule has 3 aromatic rings.